The van der Waals surface area contributed by atoms with Crippen molar-refractivity contribution in [2.75, 3.05) is 26.2 Å². The van der Waals surface area contributed by atoms with Gasteiger partial charge in [0.05, 0.1) is 12.0 Å². The zero-order valence-corrected chi connectivity index (χ0v) is 13.9. The predicted octanol–water partition coefficient (Wildman–Crippen LogP) is 1.18. The van der Waals surface area contributed by atoms with Crippen LogP contribution in [0, 0.1) is 5.41 Å². The Balaban J connectivity index is 0.00000289. The maximum absolute atomic E-state index is 11.2. The molecule has 18 heavy (non-hydrogen) atoms. The lowest BCUT2D eigenvalue weighted by Gasteiger charge is -2.23. The number of hydrogen-bond acceptors (Lipinski definition) is 2. The van der Waals surface area contributed by atoms with Crippen molar-refractivity contribution in [1.82, 2.24) is 10.2 Å². The number of aliphatic imine (C=N–C) groups is 1. The fraction of sp³-hybridized carbons (Fsp3) is 0.833. The molecular weight excluding hydrogens is 343 g/mol. The zero-order valence-electron chi connectivity index (χ0n) is 11.5. The molecule has 1 rings (SSSR count). The average Bonchev–Trinajstić information content (AvgIpc) is 2.77. The molecule has 0 aliphatic carbocycles. The highest BCUT2D eigenvalue weighted by atomic mass is 127. The van der Waals surface area contributed by atoms with Crippen LogP contribution < -0.4 is 11.1 Å². The topological polar surface area (TPSA) is 70.7 Å². The summed E-state index contributed by atoms with van der Waals surface area (Å²) in [5, 5.41) is 3.26. The van der Waals surface area contributed by atoms with Gasteiger partial charge in [0, 0.05) is 19.6 Å². The van der Waals surface area contributed by atoms with E-state index >= 15 is 0 Å². The summed E-state index contributed by atoms with van der Waals surface area (Å²) >= 11 is 0. The van der Waals surface area contributed by atoms with E-state index in [9.17, 15) is 4.79 Å². The average molecular weight is 368 g/mol. The lowest BCUT2D eigenvalue weighted by atomic mass is 9.93. The van der Waals surface area contributed by atoms with E-state index in [1.165, 1.54) is 12.8 Å². The summed E-state index contributed by atoms with van der Waals surface area (Å²) in [5.74, 6) is 0.595. The van der Waals surface area contributed by atoms with E-state index in [2.05, 4.69) is 15.2 Å². The number of guanidine groups is 1. The van der Waals surface area contributed by atoms with Crippen molar-refractivity contribution in [2.45, 2.75) is 33.6 Å². The molecule has 1 aliphatic heterocycles. The predicted molar refractivity (Wildman–Crippen MR) is 85.2 cm³/mol. The first-order valence-corrected chi connectivity index (χ1v) is 6.30. The van der Waals surface area contributed by atoms with Gasteiger partial charge in [0.1, 0.15) is 0 Å². The Morgan fingerprint density at radius 1 is 1.39 bits per heavy atom. The first-order valence-electron chi connectivity index (χ1n) is 6.30. The summed E-state index contributed by atoms with van der Waals surface area (Å²) < 4.78 is 0. The number of carbonyl (C=O) groups excluding carboxylic acids is 1. The molecule has 0 aromatic carbocycles. The molecule has 0 aromatic rings. The summed E-state index contributed by atoms with van der Waals surface area (Å²) in [6.45, 7) is 9.06. The number of halogens is 1. The molecule has 0 spiro atoms. The van der Waals surface area contributed by atoms with Crippen LogP contribution in [0.1, 0.15) is 33.6 Å². The molecule has 0 atom stereocenters. The quantitative estimate of drug-likeness (QED) is 0.445. The Kier molecular flexibility index (Phi) is 7.58. The molecule has 106 valence electrons. The largest absolute Gasteiger partial charge is 0.369 e. The number of amides is 1. The molecule has 0 unspecified atom stereocenters. The summed E-state index contributed by atoms with van der Waals surface area (Å²) in [7, 11) is 0. The molecule has 0 saturated carbocycles. The van der Waals surface area contributed by atoms with Crippen LogP contribution in [0.4, 0.5) is 0 Å². The molecule has 1 fully saturated rings. The van der Waals surface area contributed by atoms with E-state index in [1.807, 2.05) is 20.8 Å². The van der Waals surface area contributed by atoms with Crippen LogP contribution >= 0.6 is 24.0 Å². The number of hydrogen-bond donors (Lipinski definition) is 2. The number of likely N-dealkylation sites (tertiary alicyclic amines) is 1. The number of carbonyl (C=O) groups is 1. The van der Waals surface area contributed by atoms with E-state index < -0.39 is 5.41 Å². The fourth-order valence-corrected chi connectivity index (χ4v) is 1.71. The first-order chi connectivity index (χ1) is 7.97. The van der Waals surface area contributed by atoms with Gasteiger partial charge in [0.25, 0.3) is 0 Å². The lowest BCUT2D eigenvalue weighted by Crippen LogP contribution is -2.41. The van der Waals surface area contributed by atoms with Crippen LogP contribution in [0.2, 0.25) is 0 Å². The molecule has 5 nitrogen and oxygen atoms in total. The highest BCUT2D eigenvalue weighted by Gasteiger charge is 2.25. The maximum atomic E-state index is 11.2. The van der Waals surface area contributed by atoms with Gasteiger partial charge in [-0.05, 0) is 33.6 Å². The second kappa shape index (κ2) is 7.81. The van der Waals surface area contributed by atoms with Crippen LogP contribution in [0.5, 0.6) is 0 Å². The van der Waals surface area contributed by atoms with Crippen molar-refractivity contribution in [1.29, 1.82) is 0 Å². The van der Waals surface area contributed by atoms with E-state index in [0.717, 1.165) is 25.6 Å². The van der Waals surface area contributed by atoms with Crippen LogP contribution in [-0.4, -0.2) is 42.9 Å². The van der Waals surface area contributed by atoms with Gasteiger partial charge < -0.3 is 16.0 Å². The number of nitrogens with two attached hydrogens (primary N) is 1. The van der Waals surface area contributed by atoms with E-state index in [0.29, 0.717) is 6.54 Å². The molecule has 1 heterocycles. The third-order valence-corrected chi connectivity index (χ3v) is 3.03. The van der Waals surface area contributed by atoms with Gasteiger partial charge in [-0.2, -0.15) is 0 Å². The Morgan fingerprint density at radius 3 is 2.39 bits per heavy atom. The SMILES string of the molecule is CCNC(=NCC(C)(C)C(N)=O)N1CCCC1.I. The number of rotatable bonds is 4. The highest BCUT2D eigenvalue weighted by Crippen LogP contribution is 2.15. The Labute approximate surface area is 127 Å². The fourth-order valence-electron chi connectivity index (χ4n) is 1.71. The smallest absolute Gasteiger partial charge is 0.224 e. The lowest BCUT2D eigenvalue weighted by molar-refractivity contribution is -0.125. The Hall–Kier alpha value is -0.530. The first kappa shape index (κ1) is 17.5. The number of primary amides is 1. The normalized spacial score (nSPS) is 16.4. The standard InChI is InChI=1S/C12H24N4O.HI/c1-4-14-11(16-7-5-6-8-16)15-9-12(2,3)10(13)17;/h4-9H2,1-3H3,(H2,13,17)(H,14,15);1H. The Morgan fingerprint density at radius 2 is 1.94 bits per heavy atom. The molecule has 6 heteroatoms. The third-order valence-electron chi connectivity index (χ3n) is 3.03. The molecule has 1 aliphatic rings. The van der Waals surface area contributed by atoms with Crippen molar-refractivity contribution in [3.63, 3.8) is 0 Å². The molecule has 3 N–H and O–H groups in total. The minimum Gasteiger partial charge on any atom is -0.369 e. The maximum Gasteiger partial charge on any atom is 0.224 e. The molecule has 0 bridgehead atoms. The van der Waals surface area contributed by atoms with Crippen LogP contribution in [-0.2, 0) is 4.79 Å². The Bertz CT molecular complexity index is 298. The van der Waals surface area contributed by atoms with E-state index in [1.54, 1.807) is 0 Å². The minimum absolute atomic E-state index is 0. The van der Waals surface area contributed by atoms with Gasteiger partial charge in [0.15, 0.2) is 5.96 Å². The number of nitrogens with one attached hydrogen (secondary N) is 1. The molecule has 1 amide bonds. The third kappa shape index (κ3) is 4.99. The van der Waals surface area contributed by atoms with Gasteiger partial charge in [0.2, 0.25) is 5.91 Å². The molecule has 1 saturated heterocycles. The summed E-state index contributed by atoms with van der Waals surface area (Å²) in [4.78, 5) is 18.0. The van der Waals surface area contributed by atoms with E-state index in [-0.39, 0.29) is 29.9 Å². The van der Waals surface area contributed by atoms with E-state index in [4.69, 9.17) is 5.73 Å². The van der Waals surface area contributed by atoms with Crippen LogP contribution in [0.3, 0.4) is 0 Å². The summed E-state index contributed by atoms with van der Waals surface area (Å²) in [6, 6.07) is 0. The van der Waals surface area contributed by atoms with Crippen molar-refractivity contribution < 1.29 is 4.79 Å². The molecule has 0 aromatic heterocycles. The van der Waals surface area contributed by atoms with Gasteiger partial charge in [-0.1, -0.05) is 0 Å². The minimum atomic E-state index is -0.583. The van der Waals surface area contributed by atoms with Crippen LogP contribution in [0.15, 0.2) is 4.99 Å². The van der Waals surface area contributed by atoms with Gasteiger partial charge in [-0.15, -0.1) is 24.0 Å². The van der Waals surface area contributed by atoms with Crippen molar-refractivity contribution >= 4 is 35.8 Å². The van der Waals surface area contributed by atoms with Crippen molar-refractivity contribution in [3.8, 4) is 0 Å². The number of nitrogens with zero attached hydrogens (tertiary/aromatic N) is 2. The highest BCUT2D eigenvalue weighted by molar-refractivity contribution is 14.0. The monoisotopic (exact) mass is 368 g/mol. The van der Waals surface area contributed by atoms with Crippen molar-refractivity contribution in [2.24, 2.45) is 16.1 Å². The zero-order chi connectivity index (χ0) is 12.9. The van der Waals surface area contributed by atoms with Gasteiger partial charge in [-0.25, -0.2) is 0 Å². The van der Waals surface area contributed by atoms with Crippen LogP contribution in [0.25, 0.3) is 0 Å². The second-order valence-electron chi connectivity index (χ2n) is 5.11. The molecular formula is C12H25IN4O. The van der Waals surface area contributed by atoms with Gasteiger partial charge >= 0.3 is 0 Å². The van der Waals surface area contributed by atoms with Gasteiger partial charge in [-0.3, -0.25) is 9.79 Å². The van der Waals surface area contributed by atoms with Crippen molar-refractivity contribution in [3.05, 3.63) is 0 Å². The molecule has 0 radical (unpaired) electrons. The summed E-state index contributed by atoms with van der Waals surface area (Å²) in [6.07, 6.45) is 2.42. The second-order valence-corrected chi connectivity index (χ2v) is 5.11. The summed E-state index contributed by atoms with van der Waals surface area (Å²) in [5.41, 5.74) is 4.76.